The molecule has 1 atom stereocenters. The van der Waals surface area contributed by atoms with Crippen molar-refractivity contribution in [3.8, 4) is 6.07 Å². The fraction of sp³-hybridized carbons (Fsp3) is 0.800. The molecule has 0 N–H and O–H groups in total. The SMILES string of the molecule is CCC(C)C#N.[HH]. The first-order valence-corrected chi connectivity index (χ1v) is 2.20. The molecule has 1 unspecified atom stereocenters. The molecule has 0 saturated carbocycles. The maximum Gasteiger partial charge on any atom is 0.0652 e. The molecule has 6 heavy (non-hydrogen) atoms. The third-order valence-electron chi connectivity index (χ3n) is 0.833. The smallest absolute Gasteiger partial charge is 0.0652 e. The van der Waals surface area contributed by atoms with E-state index in [0.717, 1.165) is 6.42 Å². The van der Waals surface area contributed by atoms with Crippen molar-refractivity contribution in [1.82, 2.24) is 0 Å². The van der Waals surface area contributed by atoms with E-state index in [1.54, 1.807) is 0 Å². The van der Waals surface area contributed by atoms with Gasteiger partial charge in [-0.25, -0.2) is 0 Å². The lowest BCUT2D eigenvalue weighted by Gasteiger charge is -1.87. The second-order valence-corrected chi connectivity index (χ2v) is 1.44. The summed E-state index contributed by atoms with van der Waals surface area (Å²) in [6.07, 6.45) is 0.969. The first kappa shape index (κ1) is 5.49. The zero-order chi connectivity index (χ0) is 4.99. The lowest BCUT2D eigenvalue weighted by molar-refractivity contribution is 0.713. The lowest BCUT2D eigenvalue weighted by atomic mass is 10.2. The van der Waals surface area contributed by atoms with Gasteiger partial charge in [-0.2, -0.15) is 5.26 Å². The van der Waals surface area contributed by atoms with E-state index in [1.165, 1.54) is 0 Å². The molecule has 0 aliphatic heterocycles. The number of nitriles is 1. The Bertz CT molecular complexity index is 65.0. The van der Waals surface area contributed by atoms with Gasteiger partial charge in [-0.15, -0.1) is 0 Å². The van der Waals surface area contributed by atoms with Crippen molar-refractivity contribution in [2.75, 3.05) is 0 Å². The second-order valence-electron chi connectivity index (χ2n) is 1.44. The first-order chi connectivity index (χ1) is 2.81. The van der Waals surface area contributed by atoms with Gasteiger partial charge in [0.15, 0.2) is 0 Å². The zero-order valence-electron chi connectivity index (χ0n) is 4.23. The molecule has 0 rings (SSSR count). The number of hydrogen-bond acceptors (Lipinski definition) is 1. The Morgan fingerprint density at radius 1 is 2.00 bits per heavy atom. The fourth-order valence-electron chi connectivity index (χ4n) is 0.0913. The van der Waals surface area contributed by atoms with Gasteiger partial charge in [-0.05, 0) is 13.3 Å². The summed E-state index contributed by atoms with van der Waals surface area (Å²) in [5, 5.41) is 8.08. The highest BCUT2D eigenvalue weighted by Crippen LogP contribution is 1.94. The summed E-state index contributed by atoms with van der Waals surface area (Å²) in [5.41, 5.74) is 0. The predicted octanol–water partition coefficient (Wildman–Crippen LogP) is 1.80. The van der Waals surface area contributed by atoms with Crippen LogP contribution in [0.4, 0.5) is 0 Å². The molecule has 0 aromatic rings. The Morgan fingerprint density at radius 3 is 2.50 bits per heavy atom. The molecule has 0 bridgehead atoms. The Kier molecular flexibility index (Phi) is 2.48. The van der Waals surface area contributed by atoms with Crippen LogP contribution in [0, 0.1) is 17.2 Å². The minimum Gasteiger partial charge on any atom is -0.198 e. The molecular formula is C5H11N. The van der Waals surface area contributed by atoms with Gasteiger partial charge >= 0.3 is 0 Å². The predicted molar refractivity (Wildman–Crippen MR) is 27.2 cm³/mol. The first-order valence-electron chi connectivity index (χ1n) is 2.20. The van der Waals surface area contributed by atoms with Gasteiger partial charge in [-0.3, -0.25) is 0 Å². The Hall–Kier alpha value is -0.510. The summed E-state index contributed by atoms with van der Waals surface area (Å²) in [6, 6.07) is 2.11. The molecule has 0 radical (unpaired) electrons. The zero-order valence-corrected chi connectivity index (χ0v) is 4.23. The molecule has 1 heteroatoms. The largest absolute Gasteiger partial charge is 0.198 e. The molecule has 0 aromatic carbocycles. The maximum absolute atomic E-state index is 8.08. The summed E-state index contributed by atoms with van der Waals surface area (Å²) >= 11 is 0. The normalized spacial score (nSPS) is 12.8. The maximum atomic E-state index is 8.08. The van der Waals surface area contributed by atoms with Crippen molar-refractivity contribution in [2.45, 2.75) is 20.3 Å². The third kappa shape index (κ3) is 1.78. The highest BCUT2D eigenvalue weighted by molar-refractivity contribution is 4.76. The second kappa shape index (κ2) is 2.71. The summed E-state index contributed by atoms with van der Waals surface area (Å²) in [4.78, 5) is 0. The molecule has 0 heterocycles. The average molecular weight is 85.1 g/mol. The van der Waals surface area contributed by atoms with Crippen LogP contribution in [0.15, 0.2) is 0 Å². The van der Waals surface area contributed by atoms with Crippen LogP contribution < -0.4 is 0 Å². The standard InChI is InChI=1S/C5H9N.H2/c1-3-5(2)4-6;/h5H,3H2,1-2H3;1H. The van der Waals surface area contributed by atoms with Crippen LogP contribution in [0.5, 0.6) is 0 Å². The summed E-state index contributed by atoms with van der Waals surface area (Å²) in [6.45, 7) is 3.92. The average Bonchev–Trinajstić information content (AvgIpc) is 1.65. The highest BCUT2D eigenvalue weighted by atomic mass is 14.2. The Morgan fingerprint density at radius 2 is 2.50 bits per heavy atom. The Balaban J connectivity index is 0. The van der Waals surface area contributed by atoms with Gasteiger partial charge in [-0.1, -0.05) is 6.92 Å². The van der Waals surface area contributed by atoms with Gasteiger partial charge in [0.05, 0.1) is 6.07 Å². The van der Waals surface area contributed by atoms with E-state index in [-0.39, 0.29) is 7.34 Å². The van der Waals surface area contributed by atoms with Crippen LogP contribution in [0.3, 0.4) is 0 Å². The number of nitrogens with zero attached hydrogens (tertiary/aromatic N) is 1. The van der Waals surface area contributed by atoms with Crippen molar-refractivity contribution in [3.05, 3.63) is 0 Å². The van der Waals surface area contributed by atoms with Crippen LogP contribution in [-0.2, 0) is 0 Å². The van der Waals surface area contributed by atoms with E-state index >= 15 is 0 Å². The van der Waals surface area contributed by atoms with Crippen molar-refractivity contribution < 1.29 is 1.43 Å². The van der Waals surface area contributed by atoms with Crippen molar-refractivity contribution in [2.24, 2.45) is 5.92 Å². The van der Waals surface area contributed by atoms with Crippen LogP contribution in [0.1, 0.15) is 21.7 Å². The van der Waals surface area contributed by atoms with Crippen LogP contribution in [-0.4, -0.2) is 0 Å². The van der Waals surface area contributed by atoms with Crippen LogP contribution >= 0.6 is 0 Å². The summed E-state index contributed by atoms with van der Waals surface area (Å²) < 4.78 is 0. The molecule has 0 aliphatic rings. The molecule has 36 valence electrons. The van der Waals surface area contributed by atoms with Gasteiger partial charge in [0.1, 0.15) is 0 Å². The van der Waals surface area contributed by atoms with Crippen LogP contribution in [0.2, 0.25) is 0 Å². The molecule has 0 spiro atoms. The molecule has 0 aromatic heterocycles. The quantitative estimate of drug-likeness (QED) is 0.476. The third-order valence-corrected chi connectivity index (χ3v) is 0.833. The molecular weight excluding hydrogens is 74.1 g/mol. The van der Waals surface area contributed by atoms with Crippen LogP contribution in [0.25, 0.3) is 0 Å². The Labute approximate surface area is 40.1 Å². The minimum atomic E-state index is 0. The van der Waals surface area contributed by atoms with Gasteiger partial charge in [0.2, 0.25) is 0 Å². The summed E-state index contributed by atoms with van der Waals surface area (Å²) in [5.74, 6) is 0.241. The van der Waals surface area contributed by atoms with E-state index in [2.05, 4.69) is 6.07 Å². The van der Waals surface area contributed by atoms with Gasteiger partial charge in [0, 0.05) is 7.34 Å². The van der Waals surface area contributed by atoms with Crippen molar-refractivity contribution in [3.63, 3.8) is 0 Å². The molecule has 1 nitrogen and oxygen atoms in total. The van der Waals surface area contributed by atoms with Gasteiger partial charge in [0.25, 0.3) is 0 Å². The molecule has 0 saturated heterocycles. The van der Waals surface area contributed by atoms with E-state index in [9.17, 15) is 0 Å². The van der Waals surface area contributed by atoms with Crippen molar-refractivity contribution >= 4 is 0 Å². The van der Waals surface area contributed by atoms with E-state index in [4.69, 9.17) is 5.26 Å². The van der Waals surface area contributed by atoms with E-state index in [1.807, 2.05) is 13.8 Å². The fourth-order valence-corrected chi connectivity index (χ4v) is 0.0913. The number of rotatable bonds is 1. The molecule has 0 fully saturated rings. The monoisotopic (exact) mass is 85.1 g/mol. The molecule has 0 amide bonds. The van der Waals surface area contributed by atoms with Gasteiger partial charge < -0.3 is 0 Å². The molecule has 0 aliphatic carbocycles. The topological polar surface area (TPSA) is 23.8 Å². The lowest BCUT2D eigenvalue weighted by Crippen LogP contribution is -1.81. The minimum absolute atomic E-state index is 0. The van der Waals surface area contributed by atoms with Crippen molar-refractivity contribution in [1.29, 1.82) is 5.26 Å². The highest BCUT2D eigenvalue weighted by Gasteiger charge is 1.88. The van der Waals surface area contributed by atoms with E-state index < -0.39 is 0 Å². The summed E-state index contributed by atoms with van der Waals surface area (Å²) in [7, 11) is 0. The number of hydrogen-bond donors (Lipinski definition) is 0. The van der Waals surface area contributed by atoms with E-state index in [0.29, 0.717) is 0 Å².